The number of rotatable bonds is 4. The lowest BCUT2D eigenvalue weighted by molar-refractivity contribution is -0.146. The van der Waals surface area contributed by atoms with Crippen molar-refractivity contribution in [3.8, 4) is 0 Å². The van der Waals surface area contributed by atoms with Crippen molar-refractivity contribution in [2.75, 3.05) is 6.61 Å². The van der Waals surface area contributed by atoms with Gasteiger partial charge < -0.3 is 14.9 Å². The summed E-state index contributed by atoms with van der Waals surface area (Å²) in [5.74, 6) is -0.567. The van der Waals surface area contributed by atoms with Crippen LogP contribution >= 0.6 is 0 Å². The van der Waals surface area contributed by atoms with Crippen LogP contribution in [0.2, 0.25) is 0 Å². The van der Waals surface area contributed by atoms with E-state index in [1.165, 1.54) is 13.0 Å². The molecule has 0 heterocycles. The quantitative estimate of drug-likeness (QED) is 0.521. The van der Waals surface area contributed by atoms with Crippen molar-refractivity contribution < 1.29 is 29.3 Å². The van der Waals surface area contributed by atoms with E-state index >= 15 is 0 Å². The highest BCUT2D eigenvalue weighted by molar-refractivity contribution is 5.80. The molecule has 0 aromatic carbocycles. The first kappa shape index (κ1) is 14.7. The molecule has 2 N–H and O–H groups in total. The molecule has 0 saturated heterocycles. The summed E-state index contributed by atoms with van der Waals surface area (Å²) in [4.78, 5) is 29.3. The molecule has 0 unspecified atom stereocenters. The van der Waals surface area contributed by atoms with Gasteiger partial charge in [0.15, 0.2) is 5.78 Å². The number of ether oxygens (including phenoxy) is 1. The first-order valence-electron chi connectivity index (χ1n) is 3.58. The fourth-order valence-electron chi connectivity index (χ4n) is 0.359. The van der Waals surface area contributed by atoms with Crippen molar-refractivity contribution in [2.24, 2.45) is 0 Å². The number of hydrogen-bond donors (Lipinski definition) is 2. The fraction of sp³-hybridized carbons (Fsp3) is 0.375. The molecule has 0 rings (SSSR count). The lowest BCUT2D eigenvalue weighted by atomic mass is 10.4. The average Bonchev–Trinajstić information content (AvgIpc) is 2.00. The molecule has 14 heavy (non-hydrogen) atoms. The zero-order valence-electron chi connectivity index (χ0n) is 7.73. The van der Waals surface area contributed by atoms with E-state index < -0.39 is 12.1 Å². The third-order valence-corrected chi connectivity index (χ3v) is 0.747. The molecule has 0 aliphatic heterocycles. The van der Waals surface area contributed by atoms with Crippen LogP contribution < -0.4 is 0 Å². The van der Waals surface area contributed by atoms with Gasteiger partial charge in [-0.25, -0.2) is 4.79 Å². The molecular weight excluding hydrogens is 192 g/mol. The molecule has 6 nitrogen and oxygen atoms in total. The molecule has 0 fully saturated rings. The van der Waals surface area contributed by atoms with Gasteiger partial charge in [-0.3, -0.25) is 9.59 Å². The summed E-state index contributed by atoms with van der Waals surface area (Å²) >= 11 is 0. The van der Waals surface area contributed by atoms with Gasteiger partial charge in [-0.1, -0.05) is 6.08 Å². The molecule has 0 amide bonds. The average molecular weight is 204 g/mol. The molecule has 0 aromatic heterocycles. The second kappa shape index (κ2) is 9.24. The van der Waals surface area contributed by atoms with E-state index in [0.29, 0.717) is 0 Å². The molecule has 6 heteroatoms. The Hall–Kier alpha value is -1.85. The SMILES string of the molecule is C=CCC(=O)OCC(C)=O.O=C(O)O. The Morgan fingerprint density at radius 1 is 1.36 bits per heavy atom. The van der Waals surface area contributed by atoms with Crippen LogP contribution in [-0.4, -0.2) is 34.7 Å². The van der Waals surface area contributed by atoms with E-state index in [4.69, 9.17) is 15.0 Å². The summed E-state index contributed by atoms with van der Waals surface area (Å²) in [6.07, 6.45) is -0.240. The minimum Gasteiger partial charge on any atom is -0.457 e. The van der Waals surface area contributed by atoms with Crippen molar-refractivity contribution in [3.05, 3.63) is 12.7 Å². The van der Waals surface area contributed by atoms with Gasteiger partial charge in [0.05, 0.1) is 6.42 Å². The van der Waals surface area contributed by atoms with Crippen LogP contribution in [0, 0.1) is 0 Å². The Morgan fingerprint density at radius 2 is 1.79 bits per heavy atom. The van der Waals surface area contributed by atoms with Crippen LogP contribution in [-0.2, 0) is 14.3 Å². The second-order valence-corrected chi connectivity index (χ2v) is 2.14. The smallest absolute Gasteiger partial charge is 0.457 e. The van der Waals surface area contributed by atoms with Gasteiger partial charge in [0.25, 0.3) is 0 Å². The predicted molar refractivity (Wildman–Crippen MR) is 47.1 cm³/mol. The molecule has 0 radical (unpaired) electrons. The standard InChI is InChI=1S/C7H10O3.CH2O3/c1-3-4-7(9)10-5-6(2)8;2-1(3)4/h3H,1,4-5H2,2H3;(H2,2,3,4). The maximum atomic E-state index is 10.5. The zero-order chi connectivity index (χ0) is 11.6. The van der Waals surface area contributed by atoms with Crippen molar-refractivity contribution in [3.63, 3.8) is 0 Å². The Balaban J connectivity index is 0. The predicted octanol–water partition coefficient (Wildman–Crippen LogP) is 0.917. The maximum Gasteiger partial charge on any atom is 0.503 e. The van der Waals surface area contributed by atoms with E-state index in [0.717, 1.165) is 0 Å². The van der Waals surface area contributed by atoms with Gasteiger partial charge in [-0.05, 0) is 6.92 Å². The molecule has 0 aliphatic rings. The Labute approximate surface area is 80.8 Å². The summed E-state index contributed by atoms with van der Waals surface area (Å²) in [6, 6.07) is 0. The summed E-state index contributed by atoms with van der Waals surface area (Å²) in [5, 5.41) is 13.9. The first-order chi connectivity index (χ1) is 6.40. The van der Waals surface area contributed by atoms with E-state index in [2.05, 4.69) is 11.3 Å². The minimum absolute atomic E-state index is 0.132. The summed E-state index contributed by atoms with van der Waals surface area (Å²) in [6.45, 7) is 4.57. The minimum atomic E-state index is -1.83. The van der Waals surface area contributed by atoms with Gasteiger partial charge in [0, 0.05) is 0 Å². The van der Waals surface area contributed by atoms with E-state index in [-0.39, 0.29) is 18.8 Å². The Kier molecular flexibility index (Phi) is 9.68. The lowest BCUT2D eigenvalue weighted by Gasteiger charge is -1.97. The molecule has 0 aromatic rings. The molecular formula is C8H12O6. The third-order valence-electron chi connectivity index (χ3n) is 0.747. The highest BCUT2D eigenvalue weighted by atomic mass is 16.6. The largest absolute Gasteiger partial charge is 0.503 e. The van der Waals surface area contributed by atoms with Crippen molar-refractivity contribution in [1.82, 2.24) is 0 Å². The van der Waals surface area contributed by atoms with Crippen molar-refractivity contribution >= 4 is 17.9 Å². The number of carbonyl (C=O) groups excluding carboxylic acids is 2. The van der Waals surface area contributed by atoms with E-state index in [1.807, 2.05) is 0 Å². The number of esters is 1. The first-order valence-corrected chi connectivity index (χ1v) is 3.58. The van der Waals surface area contributed by atoms with Gasteiger partial charge in [0.2, 0.25) is 0 Å². The van der Waals surface area contributed by atoms with Gasteiger partial charge >= 0.3 is 12.1 Å². The molecule has 0 atom stereocenters. The van der Waals surface area contributed by atoms with Crippen LogP contribution in [0.15, 0.2) is 12.7 Å². The van der Waals surface area contributed by atoms with Crippen molar-refractivity contribution in [1.29, 1.82) is 0 Å². The fourth-order valence-corrected chi connectivity index (χ4v) is 0.359. The lowest BCUT2D eigenvalue weighted by Crippen LogP contribution is -2.09. The van der Waals surface area contributed by atoms with E-state index in [9.17, 15) is 9.59 Å². The number of ketones is 1. The summed E-state index contributed by atoms with van der Waals surface area (Å²) < 4.78 is 4.48. The Bertz CT molecular complexity index is 216. The Morgan fingerprint density at radius 3 is 2.07 bits per heavy atom. The zero-order valence-corrected chi connectivity index (χ0v) is 7.73. The molecule has 0 saturated carbocycles. The molecule has 80 valence electrons. The topological polar surface area (TPSA) is 101 Å². The van der Waals surface area contributed by atoms with Crippen LogP contribution in [0.5, 0.6) is 0 Å². The highest BCUT2D eigenvalue weighted by Crippen LogP contribution is 1.86. The van der Waals surface area contributed by atoms with Gasteiger partial charge in [-0.2, -0.15) is 0 Å². The number of hydrogen-bond acceptors (Lipinski definition) is 4. The number of carboxylic acid groups (broad SMARTS) is 2. The van der Waals surface area contributed by atoms with Crippen molar-refractivity contribution in [2.45, 2.75) is 13.3 Å². The normalized spacial score (nSPS) is 7.79. The molecule has 0 bridgehead atoms. The summed E-state index contributed by atoms with van der Waals surface area (Å²) in [5.41, 5.74) is 0. The van der Waals surface area contributed by atoms with Crippen LogP contribution in [0.3, 0.4) is 0 Å². The number of carbonyl (C=O) groups is 3. The monoisotopic (exact) mass is 204 g/mol. The van der Waals surface area contributed by atoms with Crippen LogP contribution in [0.1, 0.15) is 13.3 Å². The number of Topliss-reactive ketones (excluding diaryl/α,β-unsaturated/α-hetero) is 1. The van der Waals surface area contributed by atoms with E-state index in [1.54, 1.807) is 0 Å². The summed E-state index contributed by atoms with van der Waals surface area (Å²) in [7, 11) is 0. The molecule has 0 aliphatic carbocycles. The van der Waals surface area contributed by atoms with Gasteiger partial charge in [-0.15, -0.1) is 6.58 Å². The molecule has 0 spiro atoms. The third kappa shape index (κ3) is 22.5. The second-order valence-electron chi connectivity index (χ2n) is 2.14. The van der Waals surface area contributed by atoms with Crippen LogP contribution in [0.25, 0.3) is 0 Å². The highest BCUT2D eigenvalue weighted by Gasteiger charge is 1.99. The van der Waals surface area contributed by atoms with Crippen LogP contribution in [0.4, 0.5) is 4.79 Å². The van der Waals surface area contributed by atoms with Gasteiger partial charge in [0.1, 0.15) is 6.61 Å². The maximum absolute atomic E-state index is 10.5.